The smallest absolute Gasteiger partial charge is 0.340 e. The molecule has 3 aromatic carbocycles. The minimum absolute atomic E-state index is 0.00918. The molecule has 0 aromatic heterocycles. The van der Waals surface area contributed by atoms with Gasteiger partial charge in [-0.05, 0) is 55.5 Å². The summed E-state index contributed by atoms with van der Waals surface area (Å²) in [7, 11) is 0. The van der Waals surface area contributed by atoms with Gasteiger partial charge in [0.2, 0.25) is 0 Å². The second kappa shape index (κ2) is 13.4. The predicted octanol–water partition coefficient (Wildman–Crippen LogP) is 3.98. The summed E-state index contributed by atoms with van der Waals surface area (Å²) < 4.78 is 28.3. The Bertz CT molecular complexity index is 1480. The first kappa shape index (κ1) is 30.2. The molecule has 0 saturated heterocycles. The number of ketones is 1. The second-order valence-electron chi connectivity index (χ2n) is 9.96. The Morgan fingerprint density at radius 3 is 2.05 bits per heavy atom. The third-order valence-corrected chi connectivity index (χ3v) is 7.15. The summed E-state index contributed by atoms with van der Waals surface area (Å²) in [5.41, 5.74) is 1.32. The number of hydrogen-bond acceptors (Lipinski definition) is 10. The van der Waals surface area contributed by atoms with E-state index in [0.29, 0.717) is 97.2 Å². The van der Waals surface area contributed by atoms with E-state index in [0.717, 1.165) is 0 Å². The standard InChI is InChI=1S/C31H32N2O9S/c1-19(34)8-10-38-12-14-40-15-13-39-11-9-32-30(43)33-20-2-5-24-23(16-20)29(37)42-31(24)25-6-3-21(35)17-27(25)41-28-18-22(36)4-7-26(28)31/h2-7,16-18,35-36H,8-15H2,1H3,(H2,32,33,43). The molecular formula is C31H32N2O9S. The predicted molar refractivity (Wildman–Crippen MR) is 160 cm³/mol. The maximum atomic E-state index is 13.3. The highest BCUT2D eigenvalue weighted by atomic mass is 32.1. The molecule has 5 rings (SSSR count). The van der Waals surface area contributed by atoms with Crippen molar-refractivity contribution in [2.75, 3.05) is 51.5 Å². The molecule has 0 atom stereocenters. The Morgan fingerprint density at radius 1 is 0.837 bits per heavy atom. The number of anilines is 1. The van der Waals surface area contributed by atoms with Crippen LogP contribution in [0.2, 0.25) is 0 Å². The lowest BCUT2D eigenvalue weighted by molar-refractivity contribution is -0.118. The van der Waals surface area contributed by atoms with Crippen LogP contribution < -0.4 is 15.4 Å². The number of fused-ring (bicyclic) bond motifs is 6. The molecule has 0 unspecified atom stereocenters. The van der Waals surface area contributed by atoms with Crippen LogP contribution in [0.3, 0.4) is 0 Å². The van der Waals surface area contributed by atoms with Crippen molar-refractivity contribution in [1.82, 2.24) is 5.32 Å². The number of rotatable bonds is 13. The normalized spacial score (nSPS) is 13.8. The number of nitrogens with one attached hydrogen (secondary N) is 2. The van der Waals surface area contributed by atoms with Gasteiger partial charge in [0.15, 0.2) is 10.7 Å². The molecule has 0 amide bonds. The van der Waals surface area contributed by atoms with Gasteiger partial charge in [-0.2, -0.15) is 0 Å². The first-order chi connectivity index (χ1) is 20.8. The number of phenols is 2. The zero-order valence-corrected chi connectivity index (χ0v) is 24.3. The van der Waals surface area contributed by atoms with Gasteiger partial charge in [0.25, 0.3) is 0 Å². The summed E-state index contributed by atoms with van der Waals surface area (Å²) in [6, 6.07) is 14.5. The van der Waals surface area contributed by atoms with Crippen LogP contribution in [0.15, 0.2) is 54.6 Å². The first-order valence-corrected chi connectivity index (χ1v) is 14.2. The number of carbonyl (C=O) groups is 2. The van der Waals surface area contributed by atoms with Crippen molar-refractivity contribution >= 4 is 34.8 Å². The van der Waals surface area contributed by atoms with Gasteiger partial charge < -0.3 is 44.5 Å². The average Bonchev–Trinajstić information content (AvgIpc) is 3.24. The first-order valence-electron chi connectivity index (χ1n) is 13.8. The van der Waals surface area contributed by atoms with Crippen molar-refractivity contribution < 1.29 is 43.5 Å². The van der Waals surface area contributed by atoms with Crippen molar-refractivity contribution in [1.29, 1.82) is 0 Å². The minimum Gasteiger partial charge on any atom is -0.508 e. The van der Waals surface area contributed by atoms with Gasteiger partial charge in [-0.3, -0.25) is 4.79 Å². The van der Waals surface area contributed by atoms with Crippen LogP contribution in [0.5, 0.6) is 23.0 Å². The van der Waals surface area contributed by atoms with Crippen LogP contribution in [-0.2, 0) is 29.3 Å². The number of benzene rings is 3. The summed E-state index contributed by atoms with van der Waals surface area (Å²) in [4.78, 5) is 24.1. The molecule has 43 heavy (non-hydrogen) atoms. The number of hydrogen-bond donors (Lipinski definition) is 4. The molecular weight excluding hydrogens is 576 g/mol. The van der Waals surface area contributed by atoms with E-state index in [4.69, 9.17) is 35.9 Å². The van der Waals surface area contributed by atoms with E-state index in [9.17, 15) is 19.8 Å². The lowest BCUT2D eigenvalue weighted by Crippen LogP contribution is -2.33. The molecule has 0 saturated carbocycles. The quantitative estimate of drug-likeness (QED) is 0.127. The molecule has 1 spiro atoms. The fraction of sp³-hybridized carbons (Fsp3) is 0.323. The van der Waals surface area contributed by atoms with Crippen molar-refractivity contribution in [3.05, 3.63) is 76.9 Å². The lowest BCUT2D eigenvalue weighted by atomic mass is 9.77. The van der Waals surface area contributed by atoms with E-state index in [1.165, 1.54) is 31.2 Å². The SMILES string of the molecule is CC(=O)CCOCCOCCOCCNC(=S)Nc1ccc2c(c1)C(=O)OC21c2ccc(O)cc2Oc2cc(O)ccc21. The van der Waals surface area contributed by atoms with Crippen molar-refractivity contribution in [3.63, 3.8) is 0 Å². The Labute approximate surface area is 253 Å². The van der Waals surface area contributed by atoms with Gasteiger partial charge in [-0.1, -0.05) is 6.07 Å². The van der Waals surface area contributed by atoms with Crippen molar-refractivity contribution in [2.24, 2.45) is 0 Å². The number of carbonyl (C=O) groups excluding carboxylic acids is 2. The van der Waals surface area contributed by atoms with Crippen LogP contribution in [0.25, 0.3) is 0 Å². The van der Waals surface area contributed by atoms with Gasteiger partial charge in [0.05, 0.1) is 45.2 Å². The third kappa shape index (κ3) is 6.73. The van der Waals surface area contributed by atoms with Crippen LogP contribution >= 0.6 is 12.2 Å². The van der Waals surface area contributed by atoms with Gasteiger partial charge in [0.1, 0.15) is 28.8 Å². The van der Waals surface area contributed by atoms with Crippen LogP contribution in [0, 0.1) is 0 Å². The second-order valence-corrected chi connectivity index (χ2v) is 10.4. The van der Waals surface area contributed by atoms with Crippen molar-refractivity contribution in [2.45, 2.75) is 18.9 Å². The molecule has 2 heterocycles. The highest BCUT2D eigenvalue weighted by molar-refractivity contribution is 7.80. The summed E-state index contributed by atoms with van der Waals surface area (Å²) in [6.07, 6.45) is 0.409. The van der Waals surface area contributed by atoms with Crippen molar-refractivity contribution in [3.8, 4) is 23.0 Å². The summed E-state index contributed by atoms with van der Waals surface area (Å²) in [5, 5.41) is 26.7. The Morgan fingerprint density at radius 2 is 1.42 bits per heavy atom. The maximum Gasteiger partial charge on any atom is 0.340 e. The lowest BCUT2D eigenvalue weighted by Gasteiger charge is -2.36. The highest BCUT2D eigenvalue weighted by Crippen LogP contribution is 2.57. The summed E-state index contributed by atoms with van der Waals surface area (Å²) in [6.45, 7) is 4.51. The van der Waals surface area contributed by atoms with Gasteiger partial charge in [-0.15, -0.1) is 0 Å². The van der Waals surface area contributed by atoms with E-state index in [1.54, 1.807) is 30.3 Å². The number of aromatic hydroxyl groups is 2. The fourth-order valence-electron chi connectivity index (χ4n) is 4.95. The van der Waals surface area contributed by atoms with E-state index < -0.39 is 11.6 Å². The Kier molecular flexibility index (Phi) is 9.41. The molecule has 12 heteroatoms. The number of ether oxygens (including phenoxy) is 5. The van der Waals surface area contributed by atoms with Gasteiger partial charge in [-0.25, -0.2) is 4.79 Å². The molecule has 0 bridgehead atoms. The molecule has 0 fully saturated rings. The van der Waals surface area contributed by atoms with Gasteiger partial charge in [0, 0.05) is 47.5 Å². The van der Waals surface area contributed by atoms with Crippen LogP contribution in [-0.4, -0.2) is 73.3 Å². The fourth-order valence-corrected chi connectivity index (χ4v) is 5.17. The van der Waals surface area contributed by atoms with E-state index >= 15 is 0 Å². The Balaban J connectivity index is 1.16. The molecule has 3 aromatic rings. The molecule has 226 valence electrons. The zero-order chi connectivity index (χ0) is 30.4. The summed E-state index contributed by atoms with van der Waals surface area (Å²) in [5.74, 6) is 0.179. The monoisotopic (exact) mass is 608 g/mol. The molecule has 2 aliphatic rings. The van der Waals surface area contributed by atoms with Crippen LogP contribution in [0.1, 0.15) is 40.4 Å². The number of esters is 1. The topological polar surface area (TPSA) is 145 Å². The maximum absolute atomic E-state index is 13.3. The highest BCUT2D eigenvalue weighted by Gasteiger charge is 2.53. The number of thiocarbonyl (C=S) groups is 1. The Hall–Kier alpha value is -4.23. The molecule has 4 N–H and O–H groups in total. The zero-order valence-electron chi connectivity index (χ0n) is 23.5. The van der Waals surface area contributed by atoms with E-state index in [-0.39, 0.29) is 17.3 Å². The molecule has 2 aliphatic heterocycles. The van der Waals surface area contributed by atoms with Gasteiger partial charge >= 0.3 is 5.97 Å². The molecule has 11 nitrogen and oxygen atoms in total. The molecule has 0 aliphatic carbocycles. The summed E-state index contributed by atoms with van der Waals surface area (Å²) >= 11 is 5.41. The average molecular weight is 609 g/mol. The number of Topliss-reactive ketones (excluding diaryl/α,β-unsaturated/α-hetero) is 1. The minimum atomic E-state index is -1.32. The molecule has 0 radical (unpaired) electrons. The largest absolute Gasteiger partial charge is 0.508 e. The van der Waals surface area contributed by atoms with Crippen LogP contribution in [0.4, 0.5) is 5.69 Å². The number of phenolic OH excluding ortho intramolecular Hbond substituents is 2. The van der Waals surface area contributed by atoms with E-state index in [1.807, 2.05) is 0 Å². The third-order valence-electron chi connectivity index (χ3n) is 6.91. The van der Waals surface area contributed by atoms with E-state index in [2.05, 4.69) is 10.6 Å².